The highest BCUT2D eigenvalue weighted by molar-refractivity contribution is 9.10. The molecule has 2 aromatic rings. The molecule has 1 unspecified atom stereocenters. The maximum atomic E-state index is 12.1. The van der Waals surface area contributed by atoms with E-state index in [2.05, 4.69) is 21.2 Å². The number of methoxy groups -OCH3 is 1. The molecule has 112 valence electrons. The van der Waals surface area contributed by atoms with E-state index in [1.54, 1.807) is 6.07 Å². The molecule has 1 aromatic carbocycles. The number of carboxylic acids is 1. The summed E-state index contributed by atoms with van der Waals surface area (Å²) in [4.78, 5) is 23.1. The van der Waals surface area contributed by atoms with E-state index in [0.717, 1.165) is 15.4 Å². The number of aliphatic carboxylic acids is 1. The molecule has 0 spiro atoms. The van der Waals surface area contributed by atoms with Gasteiger partial charge < -0.3 is 19.6 Å². The lowest BCUT2D eigenvalue weighted by Gasteiger charge is -2.11. The molecule has 0 fully saturated rings. The van der Waals surface area contributed by atoms with Gasteiger partial charge in [0.2, 0.25) is 0 Å². The average molecular weight is 356 g/mol. The molecule has 0 aliphatic heterocycles. The standard InChI is InChI=1S/C14H14BrNO5/c1-7-3-8-5-11(21-12(8)9(15)4-7)13(17)16-10(6-20-2)14(18)19/h3-5,10H,6H2,1-2H3,(H,16,17)(H,18,19). The van der Waals surface area contributed by atoms with Crippen LogP contribution in [0.2, 0.25) is 0 Å². The molecule has 1 aromatic heterocycles. The highest BCUT2D eigenvalue weighted by Gasteiger charge is 2.22. The van der Waals surface area contributed by atoms with Crippen molar-refractivity contribution in [2.45, 2.75) is 13.0 Å². The fourth-order valence-corrected chi connectivity index (χ4v) is 2.60. The first-order valence-corrected chi connectivity index (χ1v) is 6.94. The Morgan fingerprint density at radius 3 is 2.76 bits per heavy atom. The van der Waals surface area contributed by atoms with Crippen LogP contribution in [0.3, 0.4) is 0 Å². The summed E-state index contributed by atoms with van der Waals surface area (Å²) in [5, 5.41) is 12.1. The highest BCUT2D eigenvalue weighted by Crippen LogP contribution is 2.28. The number of carboxylic acid groups (broad SMARTS) is 1. The van der Waals surface area contributed by atoms with Gasteiger partial charge in [-0.3, -0.25) is 4.79 Å². The van der Waals surface area contributed by atoms with Crippen molar-refractivity contribution in [2.24, 2.45) is 0 Å². The summed E-state index contributed by atoms with van der Waals surface area (Å²) in [5.74, 6) is -1.71. The molecule has 0 bridgehead atoms. The monoisotopic (exact) mass is 355 g/mol. The van der Waals surface area contributed by atoms with Crippen LogP contribution in [0.4, 0.5) is 0 Å². The van der Waals surface area contributed by atoms with Gasteiger partial charge in [-0.05, 0) is 46.6 Å². The lowest BCUT2D eigenvalue weighted by molar-refractivity contribution is -0.140. The molecule has 0 saturated carbocycles. The number of furan rings is 1. The zero-order valence-corrected chi connectivity index (χ0v) is 13.1. The topological polar surface area (TPSA) is 88.8 Å². The number of nitrogens with one attached hydrogen (secondary N) is 1. The fraction of sp³-hybridized carbons (Fsp3) is 0.286. The second-order valence-corrected chi connectivity index (χ2v) is 5.45. The van der Waals surface area contributed by atoms with Crippen LogP contribution in [0.1, 0.15) is 16.1 Å². The van der Waals surface area contributed by atoms with Gasteiger partial charge in [0.1, 0.15) is 5.58 Å². The molecule has 0 radical (unpaired) electrons. The summed E-state index contributed by atoms with van der Waals surface area (Å²) in [7, 11) is 1.36. The van der Waals surface area contributed by atoms with Gasteiger partial charge in [-0.25, -0.2) is 4.79 Å². The van der Waals surface area contributed by atoms with E-state index in [4.69, 9.17) is 14.3 Å². The highest BCUT2D eigenvalue weighted by atomic mass is 79.9. The zero-order chi connectivity index (χ0) is 15.6. The van der Waals surface area contributed by atoms with E-state index >= 15 is 0 Å². The normalized spacial score (nSPS) is 12.3. The summed E-state index contributed by atoms with van der Waals surface area (Å²) in [6.07, 6.45) is 0. The summed E-state index contributed by atoms with van der Waals surface area (Å²) >= 11 is 3.37. The smallest absolute Gasteiger partial charge is 0.328 e. The third-order valence-corrected chi connectivity index (χ3v) is 3.46. The van der Waals surface area contributed by atoms with Gasteiger partial charge in [0.25, 0.3) is 5.91 Å². The Kier molecular flexibility index (Phi) is 4.64. The Labute approximate surface area is 129 Å². The number of benzene rings is 1. The Morgan fingerprint density at radius 1 is 1.43 bits per heavy atom. The number of ether oxygens (including phenoxy) is 1. The van der Waals surface area contributed by atoms with Crippen LogP contribution in [0.5, 0.6) is 0 Å². The zero-order valence-electron chi connectivity index (χ0n) is 11.5. The predicted molar refractivity (Wildman–Crippen MR) is 79.4 cm³/mol. The first kappa shape index (κ1) is 15.5. The van der Waals surface area contributed by atoms with E-state index in [1.807, 2.05) is 19.1 Å². The van der Waals surface area contributed by atoms with E-state index in [0.29, 0.717) is 5.58 Å². The van der Waals surface area contributed by atoms with Gasteiger partial charge in [0.05, 0.1) is 11.1 Å². The molecule has 0 saturated heterocycles. The van der Waals surface area contributed by atoms with Crippen LogP contribution >= 0.6 is 15.9 Å². The number of carbonyl (C=O) groups is 2. The van der Waals surface area contributed by atoms with Crippen LogP contribution in [0.25, 0.3) is 11.0 Å². The molecule has 6 nitrogen and oxygen atoms in total. The van der Waals surface area contributed by atoms with Crippen molar-refractivity contribution in [3.63, 3.8) is 0 Å². The largest absolute Gasteiger partial charge is 0.480 e. The lowest BCUT2D eigenvalue weighted by Crippen LogP contribution is -2.43. The number of carbonyl (C=O) groups excluding carboxylic acids is 1. The summed E-state index contributed by atoms with van der Waals surface area (Å²) in [5.41, 5.74) is 1.56. The van der Waals surface area contributed by atoms with Crippen molar-refractivity contribution in [1.82, 2.24) is 5.32 Å². The number of hydrogen-bond acceptors (Lipinski definition) is 4. The van der Waals surface area contributed by atoms with Crippen LogP contribution < -0.4 is 5.32 Å². The third kappa shape index (κ3) is 3.43. The van der Waals surface area contributed by atoms with Crippen molar-refractivity contribution in [3.8, 4) is 0 Å². The SMILES string of the molecule is COCC(NC(=O)c1cc2cc(C)cc(Br)c2o1)C(=O)O. The Bertz CT molecular complexity index is 694. The number of amides is 1. The minimum Gasteiger partial charge on any atom is -0.480 e. The summed E-state index contributed by atoms with van der Waals surface area (Å²) in [6, 6.07) is 4.21. The molecule has 1 heterocycles. The van der Waals surface area contributed by atoms with Crippen molar-refractivity contribution in [3.05, 3.63) is 34.0 Å². The predicted octanol–water partition coefficient (Wildman–Crippen LogP) is 2.33. The maximum absolute atomic E-state index is 12.1. The van der Waals surface area contributed by atoms with Crippen LogP contribution in [0, 0.1) is 6.92 Å². The second kappa shape index (κ2) is 6.28. The maximum Gasteiger partial charge on any atom is 0.328 e. The number of rotatable bonds is 5. The van der Waals surface area contributed by atoms with Crippen LogP contribution in [0.15, 0.2) is 27.1 Å². The second-order valence-electron chi connectivity index (χ2n) is 4.60. The van der Waals surface area contributed by atoms with E-state index in [1.165, 1.54) is 7.11 Å². The molecule has 21 heavy (non-hydrogen) atoms. The van der Waals surface area contributed by atoms with Crippen molar-refractivity contribution in [2.75, 3.05) is 13.7 Å². The molecule has 7 heteroatoms. The van der Waals surface area contributed by atoms with E-state index in [9.17, 15) is 9.59 Å². The summed E-state index contributed by atoms with van der Waals surface area (Å²) < 4.78 is 11.0. The molecule has 0 aliphatic carbocycles. The molecule has 1 amide bonds. The minimum atomic E-state index is -1.17. The number of halogens is 1. The first-order valence-electron chi connectivity index (χ1n) is 6.14. The number of aryl methyl sites for hydroxylation is 1. The van der Waals surface area contributed by atoms with Gasteiger partial charge in [-0.2, -0.15) is 0 Å². The Hall–Kier alpha value is -1.86. The summed E-state index contributed by atoms with van der Waals surface area (Å²) in [6.45, 7) is 1.81. The molecule has 2 N–H and O–H groups in total. The Morgan fingerprint density at radius 2 is 2.14 bits per heavy atom. The average Bonchev–Trinajstić information content (AvgIpc) is 2.82. The van der Waals surface area contributed by atoms with Gasteiger partial charge in [0.15, 0.2) is 11.8 Å². The quantitative estimate of drug-likeness (QED) is 0.859. The molecular weight excluding hydrogens is 342 g/mol. The number of fused-ring (bicyclic) bond motifs is 1. The number of hydrogen-bond donors (Lipinski definition) is 2. The molecule has 0 aliphatic rings. The first-order chi connectivity index (χ1) is 9.92. The van der Waals surface area contributed by atoms with Gasteiger partial charge >= 0.3 is 5.97 Å². The molecule has 2 rings (SSSR count). The van der Waals surface area contributed by atoms with Crippen molar-refractivity contribution >= 4 is 38.8 Å². The fourth-order valence-electron chi connectivity index (χ4n) is 1.93. The molecule has 1 atom stereocenters. The van der Waals surface area contributed by atoms with E-state index in [-0.39, 0.29) is 12.4 Å². The minimum absolute atomic E-state index is 0.0543. The van der Waals surface area contributed by atoms with Crippen LogP contribution in [-0.4, -0.2) is 36.7 Å². The lowest BCUT2D eigenvalue weighted by atomic mass is 10.2. The van der Waals surface area contributed by atoms with Crippen molar-refractivity contribution < 1.29 is 23.8 Å². The Balaban J connectivity index is 2.27. The van der Waals surface area contributed by atoms with Gasteiger partial charge in [-0.1, -0.05) is 0 Å². The van der Waals surface area contributed by atoms with Gasteiger partial charge in [0, 0.05) is 12.5 Å². The van der Waals surface area contributed by atoms with Gasteiger partial charge in [-0.15, -0.1) is 0 Å². The van der Waals surface area contributed by atoms with Crippen LogP contribution in [-0.2, 0) is 9.53 Å². The van der Waals surface area contributed by atoms with Crippen molar-refractivity contribution in [1.29, 1.82) is 0 Å². The third-order valence-electron chi connectivity index (χ3n) is 2.88. The van der Waals surface area contributed by atoms with E-state index < -0.39 is 17.9 Å². The molecular formula is C14H14BrNO5.